The van der Waals surface area contributed by atoms with Gasteiger partial charge in [-0.2, -0.15) is 0 Å². The van der Waals surface area contributed by atoms with Crippen LogP contribution in [-0.2, 0) is 0 Å². The molecule has 0 aliphatic carbocycles. The van der Waals surface area contributed by atoms with Gasteiger partial charge in [0.1, 0.15) is 5.82 Å². The maximum absolute atomic E-state index is 12.8. The first-order valence-corrected chi connectivity index (χ1v) is 7.05. The third-order valence-electron chi connectivity index (χ3n) is 3.57. The molecule has 3 heteroatoms. The molecule has 0 saturated carbocycles. The van der Waals surface area contributed by atoms with E-state index in [1.165, 1.54) is 31.5 Å². The summed E-state index contributed by atoms with van der Waals surface area (Å²) in [5.41, 5.74) is 1.05. The summed E-state index contributed by atoms with van der Waals surface area (Å²) >= 11 is 0. The molecule has 1 aliphatic heterocycles. The fourth-order valence-electron chi connectivity index (χ4n) is 2.54. The van der Waals surface area contributed by atoms with Crippen molar-refractivity contribution in [1.82, 2.24) is 10.2 Å². The van der Waals surface area contributed by atoms with E-state index in [4.69, 9.17) is 0 Å². The third kappa shape index (κ3) is 5.13. The van der Waals surface area contributed by atoms with Crippen LogP contribution in [0.2, 0.25) is 0 Å². The Labute approximate surface area is 115 Å². The summed E-state index contributed by atoms with van der Waals surface area (Å²) in [6, 6.07) is 6.60. The van der Waals surface area contributed by atoms with Gasteiger partial charge in [-0.05, 0) is 56.6 Å². The highest BCUT2D eigenvalue weighted by atomic mass is 19.1. The van der Waals surface area contributed by atoms with Crippen LogP contribution in [0.15, 0.2) is 30.3 Å². The van der Waals surface area contributed by atoms with E-state index >= 15 is 0 Å². The maximum Gasteiger partial charge on any atom is 0.123 e. The van der Waals surface area contributed by atoms with Gasteiger partial charge in [0.2, 0.25) is 0 Å². The van der Waals surface area contributed by atoms with Gasteiger partial charge < -0.3 is 10.2 Å². The summed E-state index contributed by atoms with van der Waals surface area (Å²) in [4.78, 5) is 2.34. The lowest BCUT2D eigenvalue weighted by Gasteiger charge is -2.26. The number of halogens is 1. The zero-order valence-electron chi connectivity index (χ0n) is 11.6. The zero-order valence-corrected chi connectivity index (χ0v) is 11.6. The van der Waals surface area contributed by atoms with E-state index in [0.717, 1.165) is 31.1 Å². The molecular weight excluding hydrogens is 239 g/mol. The molecule has 0 aromatic heterocycles. The van der Waals surface area contributed by atoms with Gasteiger partial charge in [-0.25, -0.2) is 4.39 Å². The minimum absolute atomic E-state index is 0.181. The standard InChI is InChI=1S/C16H23FN2/c1-19(13-15-4-2-10-18-12-15)11-3-5-14-6-8-16(17)9-7-14/h3,5-9,15,18H,2,4,10-13H2,1H3/b5-3+/t15-/m1/s1. The van der Waals surface area contributed by atoms with Crippen LogP contribution in [-0.4, -0.2) is 38.1 Å². The summed E-state index contributed by atoms with van der Waals surface area (Å²) < 4.78 is 12.8. The zero-order chi connectivity index (χ0) is 13.5. The third-order valence-corrected chi connectivity index (χ3v) is 3.57. The van der Waals surface area contributed by atoms with Crippen LogP contribution < -0.4 is 5.32 Å². The second-order valence-corrected chi connectivity index (χ2v) is 5.39. The Morgan fingerprint density at radius 2 is 2.16 bits per heavy atom. The summed E-state index contributed by atoms with van der Waals surface area (Å²) in [6.07, 6.45) is 6.82. The van der Waals surface area contributed by atoms with Gasteiger partial charge in [0.15, 0.2) is 0 Å². The first kappa shape index (κ1) is 14.2. The molecule has 1 saturated heterocycles. The van der Waals surface area contributed by atoms with E-state index in [2.05, 4.69) is 29.4 Å². The first-order valence-electron chi connectivity index (χ1n) is 7.05. The summed E-state index contributed by atoms with van der Waals surface area (Å²) in [7, 11) is 2.16. The molecule has 1 atom stereocenters. The summed E-state index contributed by atoms with van der Waals surface area (Å²) in [5.74, 6) is 0.594. The molecule has 1 aromatic rings. The summed E-state index contributed by atoms with van der Waals surface area (Å²) in [6.45, 7) is 4.39. The molecule has 19 heavy (non-hydrogen) atoms. The molecule has 2 nitrogen and oxygen atoms in total. The van der Waals surface area contributed by atoms with E-state index in [1.807, 2.05) is 0 Å². The van der Waals surface area contributed by atoms with Crippen molar-refractivity contribution in [2.24, 2.45) is 5.92 Å². The molecule has 1 heterocycles. The molecule has 1 N–H and O–H groups in total. The highest BCUT2D eigenvalue weighted by molar-refractivity contribution is 5.48. The Bertz CT molecular complexity index is 394. The molecular formula is C16H23FN2. The van der Waals surface area contributed by atoms with E-state index in [0.29, 0.717) is 0 Å². The van der Waals surface area contributed by atoms with Crippen molar-refractivity contribution in [1.29, 1.82) is 0 Å². The van der Waals surface area contributed by atoms with Crippen LogP contribution in [0.5, 0.6) is 0 Å². The van der Waals surface area contributed by atoms with E-state index in [-0.39, 0.29) is 5.82 Å². The lowest BCUT2D eigenvalue weighted by Crippen LogP contribution is -2.36. The SMILES string of the molecule is CN(C/C=C/c1ccc(F)cc1)C[C@@H]1CCCNC1. The van der Waals surface area contributed by atoms with Gasteiger partial charge in [0, 0.05) is 13.1 Å². The van der Waals surface area contributed by atoms with E-state index < -0.39 is 0 Å². The molecule has 0 unspecified atom stereocenters. The monoisotopic (exact) mass is 262 g/mol. The fourth-order valence-corrected chi connectivity index (χ4v) is 2.54. The van der Waals surface area contributed by atoms with Gasteiger partial charge in [0.25, 0.3) is 0 Å². The number of piperidine rings is 1. The molecule has 0 radical (unpaired) electrons. The number of hydrogen-bond donors (Lipinski definition) is 1. The Morgan fingerprint density at radius 3 is 2.84 bits per heavy atom. The molecule has 1 aromatic carbocycles. The highest BCUT2D eigenvalue weighted by Gasteiger charge is 2.13. The Kier molecular flexibility index (Phi) is 5.55. The predicted octanol–water partition coefficient (Wildman–Crippen LogP) is 2.77. The Hall–Kier alpha value is -1.19. The van der Waals surface area contributed by atoms with Crippen LogP contribution >= 0.6 is 0 Å². The Balaban J connectivity index is 1.73. The van der Waals surface area contributed by atoms with Crippen molar-refractivity contribution in [3.8, 4) is 0 Å². The average molecular weight is 262 g/mol. The fraction of sp³-hybridized carbons (Fsp3) is 0.500. The molecule has 0 bridgehead atoms. The van der Waals surface area contributed by atoms with Crippen molar-refractivity contribution in [3.63, 3.8) is 0 Å². The Morgan fingerprint density at radius 1 is 1.37 bits per heavy atom. The number of rotatable bonds is 5. The predicted molar refractivity (Wildman–Crippen MR) is 78.5 cm³/mol. The minimum atomic E-state index is -0.181. The largest absolute Gasteiger partial charge is 0.316 e. The van der Waals surface area contributed by atoms with Crippen molar-refractivity contribution in [2.75, 3.05) is 33.2 Å². The molecule has 0 spiro atoms. The molecule has 0 amide bonds. The van der Waals surface area contributed by atoms with Crippen LogP contribution in [0.4, 0.5) is 4.39 Å². The van der Waals surface area contributed by atoms with Crippen molar-refractivity contribution in [3.05, 3.63) is 41.7 Å². The van der Waals surface area contributed by atoms with Gasteiger partial charge in [-0.3, -0.25) is 0 Å². The van der Waals surface area contributed by atoms with Crippen molar-refractivity contribution < 1.29 is 4.39 Å². The number of benzene rings is 1. The van der Waals surface area contributed by atoms with Crippen molar-refractivity contribution >= 4 is 6.08 Å². The minimum Gasteiger partial charge on any atom is -0.316 e. The first-order chi connectivity index (χ1) is 9.24. The lowest BCUT2D eigenvalue weighted by molar-refractivity contribution is 0.260. The molecule has 1 fully saturated rings. The molecule has 104 valence electrons. The molecule has 1 aliphatic rings. The molecule has 2 rings (SSSR count). The normalized spacial score (nSPS) is 20.3. The van der Waals surface area contributed by atoms with Crippen LogP contribution in [0.25, 0.3) is 6.08 Å². The number of hydrogen-bond acceptors (Lipinski definition) is 2. The topological polar surface area (TPSA) is 15.3 Å². The van der Waals surface area contributed by atoms with Gasteiger partial charge in [-0.1, -0.05) is 24.3 Å². The van der Waals surface area contributed by atoms with E-state index in [9.17, 15) is 4.39 Å². The van der Waals surface area contributed by atoms with Crippen molar-refractivity contribution in [2.45, 2.75) is 12.8 Å². The van der Waals surface area contributed by atoms with Crippen LogP contribution in [0, 0.1) is 11.7 Å². The second-order valence-electron chi connectivity index (χ2n) is 5.39. The summed E-state index contributed by atoms with van der Waals surface area (Å²) in [5, 5.41) is 3.45. The van der Waals surface area contributed by atoms with Gasteiger partial charge in [0.05, 0.1) is 0 Å². The smallest absolute Gasteiger partial charge is 0.123 e. The van der Waals surface area contributed by atoms with Gasteiger partial charge in [-0.15, -0.1) is 0 Å². The van der Waals surface area contributed by atoms with Crippen LogP contribution in [0.3, 0.4) is 0 Å². The lowest BCUT2D eigenvalue weighted by atomic mass is 9.99. The second kappa shape index (κ2) is 7.41. The highest BCUT2D eigenvalue weighted by Crippen LogP contribution is 2.11. The van der Waals surface area contributed by atoms with E-state index in [1.54, 1.807) is 12.1 Å². The maximum atomic E-state index is 12.8. The van der Waals surface area contributed by atoms with Gasteiger partial charge >= 0.3 is 0 Å². The van der Waals surface area contributed by atoms with Crippen LogP contribution in [0.1, 0.15) is 18.4 Å². The average Bonchev–Trinajstić information content (AvgIpc) is 2.42. The number of likely N-dealkylation sites (N-methyl/N-ethyl adjacent to an activating group) is 1. The quantitative estimate of drug-likeness (QED) is 0.878. The number of nitrogens with one attached hydrogen (secondary N) is 1. The number of nitrogens with zero attached hydrogens (tertiary/aromatic N) is 1.